The summed E-state index contributed by atoms with van der Waals surface area (Å²) in [5, 5.41) is 97.1. The Morgan fingerprint density at radius 1 is 0.581 bits per heavy atom. The Bertz CT molecular complexity index is 1070. The zero-order valence-corrected chi connectivity index (χ0v) is 22.0. The fourth-order valence-corrected chi connectivity index (χ4v) is 3.89. The maximum absolute atomic E-state index is 10.5. The fraction of sp³-hybridized carbons (Fsp3) is 0.500. The van der Waals surface area contributed by atoms with Gasteiger partial charge in [0.1, 0.15) is 60.3 Å². The number of ether oxygens (including phenoxy) is 4. The van der Waals surface area contributed by atoms with E-state index in [4.69, 9.17) is 29.2 Å². The third-order valence-electron chi connectivity index (χ3n) is 6.30. The molecule has 2 aliphatic rings. The van der Waals surface area contributed by atoms with Crippen molar-refractivity contribution in [3.05, 3.63) is 68.8 Å². The highest BCUT2D eigenvalue weighted by Gasteiger charge is 2.45. The minimum absolute atomic E-state index is 0. The molecule has 0 aliphatic carbocycles. The van der Waals surface area contributed by atoms with Crippen LogP contribution in [-0.4, -0.2) is 131 Å². The van der Waals surface area contributed by atoms with Crippen molar-refractivity contribution in [1.82, 2.24) is 0 Å². The summed E-state index contributed by atoms with van der Waals surface area (Å²) in [5.74, 6) is 0.342. The minimum atomic E-state index is -1.54. The van der Waals surface area contributed by atoms with Gasteiger partial charge in [-0.3, -0.25) is 20.2 Å². The second-order valence-corrected chi connectivity index (χ2v) is 9.13. The number of hydrogen-bond acceptors (Lipinski definition) is 16. The van der Waals surface area contributed by atoms with E-state index >= 15 is 0 Å². The molecule has 2 aromatic rings. The molecule has 43 heavy (non-hydrogen) atoms. The van der Waals surface area contributed by atoms with E-state index in [0.29, 0.717) is 0 Å². The van der Waals surface area contributed by atoms with E-state index in [2.05, 4.69) is 0 Å². The van der Waals surface area contributed by atoms with Gasteiger partial charge in [0.2, 0.25) is 12.6 Å². The first-order chi connectivity index (χ1) is 19.9. The van der Waals surface area contributed by atoms with Gasteiger partial charge in [-0.2, -0.15) is 0 Å². The molecule has 0 aromatic heterocycles. The normalized spacial score (nSPS) is 31.9. The van der Waals surface area contributed by atoms with Gasteiger partial charge in [-0.05, 0) is 24.3 Å². The Balaban J connectivity index is 0.000000293. The van der Waals surface area contributed by atoms with Crippen LogP contribution in [0.25, 0.3) is 0 Å². The second kappa shape index (κ2) is 15.7. The lowest BCUT2D eigenvalue weighted by molar-refractivity contribution is -0.385. The highest BCUT2D eigenvalue weighted by atomic mass is 16.7. The summed E-state index contributed by atoms with van der Waals surface area (Å²) < 4.78 is 20.8. The second-order valence-electron chi connectivity index (χ2n) is 9.13. The molecule has 19 nitrogen and oxygen atoms in total. The standard InChI is InChI=1S/2C12H15NO8.H2O/c2*14-5-8-9(15)10(16)11(17)12(21-8)20-7-3-1-6(2-4-7)13(18)19;/h2*1-4,8-12,14-17H,5H2;1H2/t2*8-,9-,10+,11+,12+;/m11./s1. The number of hydrogen-bond donors (Lipinski definition) is 8. The van der Waals surface area contributed by atoms with Gasteiger partial charge in [-0.25, -0.2) is 0 Å². The van der Waals surface area contributed by atoms with Gasteiger partial charge in [-0.1, -0.05) is 0 Å². The Labute approximate surface area is 241 Å². The smallest absolute Gasteiger partial charge is 0.269 e. The van der Waals surface area contributed by atoms with Crippen LogP contribution < -0.4 is 9.47 Å². The molecule has 0 bridgehead atoms. The predicted octanol–water partition coefficient (Wildman–Crippen LogP) is -3.28. The summed E-state index contributed by atoms with van der Waals surface area (Å²) in [5.41, 5.74) is -0.257. The van der Waals surface area contributed by atoms with Crippen LogP contribution in [0.5, 0.6) is 11.5 Å². The number of non-ortho nitro benzene ring substituents is 2. The third kappa shape index (κ3) is 8.72. The van der Waals surface area contributed by atoms with Gasteiger partial charge in [0.15, 0.2) is 0 Å². The first-order valence-corrected chi connectivity index (χ1v) is 12.3. The molecule has 19 heteroatoms. The lowest BCUT2D eigenvalue weighted by Crippen LogP contribution is -2.60. The van der Waals surface area contributed by atoms with Crippen molar-refractivity contribution in [3.8, 4) is 11.5 Å². The van der Waals surface area contributed by atoms with Gasteiger partial charge in [-0.15, -0.1) is 0 Å². The minimum Gasteiger partial charge on any atom is -0.462 e. The number of nitro groups is 2. The Morgan fingerprint density at radius 2 is 0.884 bits per heavy atom. The SMILES string of the molecule is O.O=[N+]([O-])c1ccc(O[C@H]2O[C@H](CO)[C@@H](O)[C@H](O)[C@@H]2O)cc1.O=[N+]([O-])c1ccc(O[C@H]2O[C@H](CO)[C@@H](O)[C@H](O)[C@@H]2O)cc1. The van der Waals surface area contributed by atoms with Crippen LogP contribution in [0.2, 0.25) is 0 Å². The van der Waals surface area contributed by atoms with Gasteiger partial charge in [0.05, 0.1) is 23.1 Å². The maximum atomic E-state index is 10.5. The van der Waals surface area contributed by atoms with E-state index in [0.717, 1.165) is 0 Å². The first kappa shape index (κ1) is 35.6. The number of nitrogens with zero attached hydrogens (tertiary/aromatic N) is 2. The summed E-state index contributed by atoms with van der Waals surface area (Å²) in [6.45, 7) is -1.13. The van der Waals surface area contributed by atoms with Crippen LogP contribution in [0, 0.1) is 20.2 Å². The molecule has 240 valence electrons. The molecule has 2 saturated heterocycles. The van der Waals surface area contributed by atoms with E-state index < -0.39 is 84.5 Å². The Kier molecular flexibility index (Phi) is 13.0. The van der Waals surface area contributed by atoms with Gasteiger partial charge in [0, 0.05) is 24.3 Å². The van der Waals surface area contributed by atoms with Crippen molar-refractivity contribution in [2.45, 2.75) is 61.4 Å². The molecule has 0 spiro atoms. The number of aliphatic hydroxyl groups excluding tert-OH is 8. The fourth-order valence-electron chi connectivity index (χ4n) is 3.89. The molecule has 0 unspecified atom stereocenters. The number of benzene rings is 2. The molecular weight excluding hydrogens is 588 g/mol. The van der Waals surface area contributed by atoms with Crippen molar-refractivity contribution in [2.24, 2.45) is 0 Å². The Morgan fingerprint density at radius 3 is 1.14 bits per heavy atom. The zero-order chi connectivity index (χ0) is 31.1. The lowest BCUT2D eigenvalue weighted by atomic mass is 9.99. The van der Waals surface area contributed by atoms with E-state index in [1.807, 2.05) is 0 Å². The summed E-state index contributed by atoms with van der Waals surface area (Å²) >= 11 is 0. The predicted molar refractivity (Wildman–Crippen MR) is 139 cm³/mol. The number of rotatable bonds is 8. The highest BCUT2D eigenvalue weighted by molar-refractivity contribution is 5.36. The van der Waals surface area contributed by atoms with Crippen LogP contribution in [0.15, 0.2) is 48.5 Å². The molecule has 2 aliphatic heterocycles. The topological polar surface area (TPSA) is 317 Å². The van der Waals surface area contributed by atoms with Crippen LogP contribution in [0.1, 0.15) is 0 Å². The molecule has 2 fully saturated rings. The summed E-state index contributed by atoms with van der Waals surface area (Å²) in [6.07, 6.45) is -13.9. The van der Waals surface area contributed by atoms with Crippen LogP contribution in [0.3, 0.4) is 0 Å². The van der Waals surface area contributed by atoms with E-state index in [1.54, 1.807) is 0 Å². The van der Waals surface area contributed by atoms with Gasteiger partial charge < -0.3 is 65.3 Å². The summed E-state index contributed by atoms with van der Waals surface area (Å²) in [6, 6.07) is 10.1. The van der Waals surface area contributed by atoms with Gasteiger partial charge >= 0.3 is 0 Å². The molecule has 0 saturated carbocycles. The first-order valence-electron chi connectivity index (χ1n) is 12.3. The van der Waals surface area contributed by atoms with E-state index in [1.165, 1.54) is 48.5 Å². The van der Waals surface area contributed by atoms with Crippen molar-refractivity contribution in [3.63, 3.8) is 0 Å². The highest BCUT2D eigenvalue weighted by Crippen LogP contribution is 2.27. The molecule has 0 amide bonds. The molecule has 2 aromatic carbocycles. The molecule has 4 rings (SSSR count). The number of nitro benzene ring substituents is 2. The van der Waals surface area contributed by atoms with Gasteiger partial charge in [0.25, 0.3) is 11.4 Å². The average molecular weight is 621 g/mol. The average Bonchev–Trinajstić information content (AvgIpc) is 2.98. The van der Waals surface area contributed by atoms with Crippen LogP contribution >= 0.6 is 0 Å². The van der Waals surface area contributed by atoms with Crippen molar-refractivity contribution >= 4 is 11.4 Å². The van der Waals surface area contributed by atoms with Crippen molar-refractivity contribution in [1.29, 1.82) is 0 Å². The van der Waals surface area contributed by atoms with Crippen LogP contribution in [-0.2, 0) is 9.47 Å². The monoisotopic (exact) mass is 620 g/mol. The number of aliphatic hydroxyl groups is 8. The maximum Gasteiger partial charge on any atom is 0.269 e. The lowest BCUT2D eigenvalue weighted by Gasteiger charge is -2.39. The molecular formula is C24H32N2O17. The largest absolute Gasteiger partial charge is 0.462 e. The van der Waals surface area contributed by atoms with Crippen LogP contribution in [0.4, 0.5) is 11.4 Å². The molecule has 10 N–H and O–H groups in total. The van der Waals surface area contributed by atoms with Crippen molar-refractivity contribution in [2.75, 3.05) is 13.2 Å². The van der Waals surface area contributed by atoms with E-state index in [9.17, 15) is 50.9 Å². The zero-order valence-electron chi connectivity index (χ0n) is 22.0. The summed E-state index contributed by atoms with van der Waals surface area (Å²) in [7, 11) is 0. The van der Waals surface area contributed by atoms with E-state index in [-0.39, 0.29) is 28.3 Å². The summed E-state index contributed by atoms with van der Waals surface area (Å²) in [4.78, 5) is 19.9. The quantitative estimate of drug-likeness (QED) is 0.106. The molecule has 10 atom stereocenters. The van der Waals surface area contributed by atoms with Crippen molar-refractivity contribution < 1.29 is 75.1 Å². The third-order valence-corrected chi connectivity index (χ3v) is 6.30. The molecule has 2 heterocycles. The Hall–Kier alpha value is -3.60. The molecule has 0 radical (unpaired) electrons.